The molecule has 0 fully saturated rings. The number of halogens is 2. The molecule has 0 saturated carbocycles. The summed E-state index contributed by atoms with van der Waals surface area (Å²) >= 11 is 3.28. The molecule has 0 radical (unpaired) electrons. The number of benzene rings is 1. The molecule has 0 bridgehead atoms. The van der Waals surface area contributed by atoms with Gasteiger partial charge < -0.3 is 5.32 Å². The van der Waals surface area contributed by atoms with Gasteiger partial charge in [0.1, 0.15) is 5.82 Å². The summed E-state index contributed by atoms with van der Waals surface area (Å²) in [7, 11) is 0. The number of rotatable bonds is 6. The summed E-state index contributed by atoms with van der Waals surface area (Å²) in [5.41, 5.74) is 0.907. The summed E-state index contributed by atoms with van der Waals surface area (Å²) in [6.07, 6.45) is 1.81. The van der Waals surface area contributed by atoms with Gasteiger partial charge in [-0.05, 0) is 42.5 Å². The van der Waals surface area contributed by atoms with Gasteiger partial charge in [0.15, 0.2) is 0 Å². The second kappa shape index (κ2) is 6.67. The second-order valence-corrected chi connectivity index (χ2v) is 6.85. The molecule has 102 valence electrons. The highest BCUT2D eigenvalue weighted by Crippen LogP contribution is 2.27. The largest absolute Gasteiger partial charge is 0.315 e. The van der Waals surface area contributed by atoms with Gasteiger partial charge in [-0.25, -0.2) is 4.39 Å². The first kappa shape index (κ1) is 15.6. The lowest BCUT2D eigenvalue weighted by atomic mass is 9.82. The Morgan fingerprint density at radius 3 is 2.56 bits per heavy atom. The van der Waals surface area contributed by atoms with E-state index in [1.807, 2.05) is 12.1 Å². The first-order valence-corrected chi connectivity index (χ1v) is 7.27. The Balaban J connectivity index is 2.58. The minimum absolute atomic E-state index is 0.108. The molecule has 0 heterocycles. The number of hydrogen-bond acceptors (Lipinski definition) is 1. The van der Waals surface area contributed by atoms with E-state index in [0.717, 1.165) is 29.4 Å². The Labute approximate surface area is 118 Å². The maximum atomic E-state index is 13.8. The zero-order valence-electron chi connectivity index (χ0n) is 11.7. The summed E-state index contributed by atoms with van der Waals surface area (Å²) in [4.78, 5) is 0. The lowest BCUT2D eigenvalue weighted by Gasteiger charge is -2.25. The van der Waals surface area contributed by atoms with Gasteiger partial charge in [0.25, 0.3) is 0 Å². The van der Waals surface area contributed by atoms with Crippen molar-refractivity contribution >= 4 is 15.9 Å². The van der Waals surface area contributed by atoms with E-state index in [4.69, 9.17) is 0 Å². The summed E-state index contributed by atoms with van der Waals surface area (Å²) in [6.45, 7) is 9.64. The Morgan fingerprint density at radius 1 is 1.33 bits per heavy atom. The van der Waals surface area contributed by atoms with Gasteiger partial charge in [-0.3, -0.25) is 0 Å². The fourth-order valence-electron chi connectivity index (χ4n) is 1.97. The third-order valence-corrected chi connectivity index (χ3v) is 3.53. The van der Waals surface area contributed by atoms with E-state index in [1.165, 1.54) is 6.07 Å². The van der Waals surface area contributed by atoms with Gasteiger partial charge in [-0.2, -0.15) is 0 Å². The van der Waals surface area contributed by atoms with Gasteiger partial charge in [-0.1, -0.05) is 49.7 Å². The Bertz CT molecular complexity index is 388. The van der Waals surface area contributed by atoms with Crippen LogP contribution < -0.4 is 5.32 Å². The Hall–Kier alpha value is -0.410. The summed E-state index contributed by atoms with van der Waals surface area (Å²) in [6, 6.07) is 5.82. The molecule has 0 unspecified atom stereocenters. The Morgan fingerprint density at radius 2 is 2.00 bits per heavy atom. The molecule has 0 spiro atoms. The molecule has 3 heteroatoms. The van der Waals surface area contributed by atoms with Gasteiger partial charge in [0.2, 0.25) is 0 Å². The van der Waals surface area contributed by atoms with Crippen molar-refractivity contribution < 1.29 is 4.39 Å². The third kappa shape index (κ3) is 5.49. The first-order valence-electron chi connectivity index (χ1n) is 6.47. The van der Waals surface area contributed by atoms with Gasteiger partial charge in [-0.15, -0.1) is 0 Å². The van der Waals surface area contributed by atoms with Crippen LogP contribution in [0.2, 0.25) is 0 Å². The van der Waals surface area contributed by atoms with Crippen LogP contribution in [0, 0.1) is 11.2 Å². The Kier molecular flexibility index (Phi) is 5.80. The molecule has 1 nitrogen and oxygen atoms in total. The first-order chi connectivity index (χ1) is 8.30. The highest BCUT2D eigenvalue weighted by atomic mass is 79.9. The summed E-state index contributed by atoms with van der Waals surface area (Å²) < 4.78 is 14.6. The summed E-state index contributed by atoms with van der Waals surface area (Å²) in [5, 5.41) is 3.41. The second-order valence-electron chi connectivity index (χ2n) is 5.94. The van der Waals surface area contributed by atoms with Crippen LogP contribution in [0.15, 0.2) is 22.7 Å². The predicted octanol–water partition coefficient (Wildman–Crippen LogP) is 4.55. The molecule has 18 heavy (non-hydrogen) atoms. The third-order valence-electron chi connectivity index (χ3n) is 3.04. The fraction of sp³-hybridized carbons (Fsp3) is 0.600. The molecule has 0 atom stereocenters. The highest BCUT2D eigenvalue weighted by Gasteiger charge is 2.20. The van der Waals surface area contributed by atoms with Crippen molar-refractivity contribution in [1.82, 2.24) is 5.32 Å². The molecule has 1 N–H and O–H groups in total. The van der Waals surface area contributed by atoms with Gasteiger partial charge >= 0.3 is 0 Å². The standard InChI is InChI=1S/C15H23BrFN/c1-11(2)18-8-7-15(3,4)10-12-5-6-13(16)9-14(12)17/h5-6,9,11,18H,7-8,10H2,1-4H3. The molecule has 1 aromatic carbocycles. The van der Waals surface area contributed by atoms with Crippen molar-refractivity contribution in [3.63, 3.8) is 0 Å². The minimum Gasteiger partial charge on any atom is -0.315 e. The molecule has 1 rings (SSSR count). The van der Waals surface area contributed by atoms with Crippen LogP contribution in [0.25, 0.3) is 0 Å². The van der Waals surface area contributed by atoms with E-state index in [9.17, 15) is 4.39 Å². The van der Waals surface area contributed by atoms with Crippen LogP contribution in [-0.2, 0) is 6.42 Å². The average molecular weight is 316 g/mol. The van der Waals surface area contributed by atoms with Crippen LogP contribution in [0.1, 0.15) is 39.7 Å². The van der Waals surface area contributed by atoms with Crippen LogP contribution in [0.4, 0.5) is 4.39 Å². The lowest BCUT2D eigenvalue weighted by Crippen LogP contribution is -2.28. The van der Waals surface area contributed by atoms with Crippen molar-refractivity contribution in [1.29, 1.82) is 0 Å². The van der Waals surface area contributed by atoms with Crippen LogP contribution in [0.3, 0.4) is 0 Å². The van der Waals surface area contributed by atoms with E-state index < -0.39 is 0 Å². The average Bonchev–Trinajstić information content (AvgIpc) is 2.21. The van der Waals surface area contributed by atoms with Gasteiger partial charge in [0.05, 0.1) is 0 Å². The molecule has 0 aliphatic rings. The van der Waals surface area contributed by atoms with Crippen molar-refractivity contribution in [3.8, 4) is 0 Å². The zero-order chi connectivity index (χ0) is 13.8. The maximum absolute atomic E-state index is 13.8. The fourth-order valence-corrected chi connectivity index (χ4v) is 2.30. The molecule has 0 aromatic heterocycles. The zero-order valence-corrected chi connectivity index (χ0v) is 13.3. The van der Waals surface area contributed by atoms with E-state index in [0.29, 0.717) is 6.04 Å². The SMILES string of the molecule is CC(C)NCCC(C)(C)Cc1ccc(Br)cc1F. The van der Waals surface area contributed by atoms with Crippen molar-refractivity contribution in [2.45, 2.75) is 46.6 Å². The monoisotopic (exact) mass is 315 g/mol. The minimum atomic E-state index is -0.116. The molecular weight excluding hydrogens is 293 g/mol. The molecule has 1 aromatic rings. The maximum Gasteiger partial charge on any atom is 0.127 e. The molecule has 0 amide bonds. The number of hydrogen-bond donors (Lipinski definition) is 1. The van der Waals surface area contributed by atoms with E-state index in [1.54, 1.807) is 0 Å². The number of nitrogens with one attached hydrogen (secondary N) is 1. The van der Waals surface area contributed by atoms with E-state index in [2.05, 4.69) is 48.9 Å². The topological polar surface area (TPSA) is 12.0 Å². The van der Waals surface area contributed by atoms with Crippen molar-refractivity contribution in [2.75, 3.05) is 6.54 Å². The molecule has 0 saturated heterocycles. The van der Waals surface area contributed by atoms with Gasteiger partial charge in [0, 0.05) is 10.5 Å². The van der Waals surface area contributed by atoms with Crippen LogP contribution in [0.5, 0.6) is 0 Å². The van der Waals surface area contributed by atoms with E-state index >= 15 is 0 Å². The molecular formula is C15H23BrFN. The predicted molar refractivity (Wildman–Crippen MR) is 79.3 cm³/mol. The van der Waals surface area contributed by atoms with Crippen molar-refractivity contribution in [2.24, 2.45) is 5.41 Å². The highest BCUT2D eigenvalue weighted by molar-refractivity contribution is 9.10. The summed E-state index contributed by atoms with van der Waals surface area (Å²) in [5.74, 6) is -0.116. The normalized spacial score (nSPS) is 12.2. The van der Waals surface area contributed by atoms with Crippen molar-refractivity contribution in [3.05, 3.63) is 34.1 Å². The van der Waals surface area contributed by atoms with Crippen LogP contribution >= 0.6 is 15.9 Å². The van der Waals surface area contributed by atoms with Crippen LogP contribution in [-0.4, -0.2) is 12.6 Å². The quantitative estimate of drug-likeness (QED) is 0.812. The lowest BCUT2D eigenvalue weighted by molar-refractivity contribution is 0.316. The van der Waals surface area contributed by atoms with E-state index in [-0.39, 0.29) is 11.2 Å². The molecule has 0 aliphatic heterocycles. The smallest absolute Gasteiger partial charge is 0.127 e. The molecule has 0 aliphatic carbocycles.